The highest BCUT2D eigenvalue weighted by Crippen LogP contribution is 2.31. The number of amides is 1. The van der Waals surface area contributed by atoms with Crippen molar-refractivity contribution in [1.82, 2.24) is 34.1 Å². The van der Waals surface area contributed by atoms with E-state index in [1.807, 2.05) is 28.6 Å². The summed E-state index contributed by atoms with van der Waals surface area (Å²) in [5.74, 6) is 0.330. The first kappa shape index (κ1) is 30.6. The van der Waals surface area contributed by atoms with Crippen LogP contribution in [0.1, 0.15) is 37.2 Å². The minimum Gasteiger partial charge on any atom is -0.444 e. The van der Waals surface area contributed by atoms with Gasteiger partial charge in [0.15, 0.2) is 5.65 Å². The van der Waals surface area contributed by atoms with E-state index in [4.69, 9.17) is 14.5 Å². The first-order valence-corrected chi connectivity index (χ1v) is 18.7. The molecule has 0 spiro atoms. The van der Waals surface area contributed by atoms with E-state index in [1.54, 1.807) is 56.5 Å². The van der Waals surface area contributed by atoms with Gasteiger partial charge in [-0.05, 0) is 45.0 Å². The van der Waals surface area contributed by atoms with Gasteiger partial charge >= 0.3 is 6.09 Å². The third-order valence-electron chi connectivity index (χ3n) is 6.57. The fourth-order valence-corrected chi connectivity index (χ4v) is 6.36. The second-order valence-corrected chi connectivity index (χ2v) is 19.4. The number of nitrogens with zero attached hydrogens (tertiary/aromatic N) is 7. The van der Waals surface area contributed by atoms with Crippen molar-refractivity contribution in [2.75, 3.05) is 11.9 Å². The number of pyridine rings is 1. The summed E-state index contributed by atoms with van der Waals surface area (Å²) in [6.45, 7) is 13.7. The number of aryl methyl sites for hydroxylation is 1. The van der Waals surface area contributed by atoms with E-state index in [0.29, 0.717) is 30.2 Å². The van der Waals surface area contributed by atoms with Crippen molar-refractivity contribution in [3.8, 4) is 0 Å². The predicted octanol–water partition coefficient (Wildman–Crippen LogP) is 5.23. The monoisotopic (exact) mass is 622 g/mol. The number of aromatic nitrogens is 7. The molecular formula is C29H38N8O4SSi. The molecular weight excluding hydrogens is 585 g/mol. The third kappa shape index (κ3) is 7.56. The van der Waals surface area contributed by atoms with Crippen LogP contribution in [0, 0.1) is 0 Å². The number of rotatable bonds is 10. The van der Waals surface area contributed by atoms with Crippen LogP contribution in [0.5, 0.6) is 0 Å². The highest BCUT2D eigenvalue weighted by molar-refractivity contribution is 7.19. The van der Waals surface area contributed by atoms with E-state index < -0.39 is 19.8 Å². The van der Waals surface area contributed by atoms with Crippen molar-refractivity contribution in [3.05, 3.63) is 63.4 Å². The van der Waals surface area contributed by atoms with Gasteiger partial charge in [0.2, 0.25) is 0 Å². The summed E-state index contributed by atoms with van der Waals surface area (Å²) >= 11 is 1.55. The zero-order valence-electron chi connectivity index (χ0n) is 25.7. The fraction of sp³-hybridized carbons (Fsp3) is 0.448. The number of hydrogen-bond acceptors (Lipinski definition) is 9. The average molecular weight is 623 g/mol. The molecule has 43 heavy (non-hydrogen) atoms. The van der Waals surface area contributed by atoms with Crippen molar-refractivity contribution in [2.24, 2.45) is 7.05 Å². The molecule has 0 atom stereocenters. The summed E-state index contributed by atoms with van der Waals surface area (Å²) in [5, 5.41) is 13.4. The van der Waals surface area contributed by atoms with Crippen LogP contribution in [0.4, 0.5) is 10.6 Å². The number of anilines is 1. The lowest BCUT2D eigenvalue weighted by Gasteiger charge is -2.19. The molecule has 0 saturated heterocycles. The SMILES string of the molecule is Cn1c2nc(Cc3ccn(COCC[Si](C)(C)C)n3)sc2c2cnn(Cc3cccc(NC(=O)OC(C)(C)C)n3)c(=O)c21. The van der Waals surface area contributed by atoms with Gasteiger partial charge in [-0.2, -0.15) is 10.2 Å². The predicted molar refractivity (Wildman–Crippen MR) is 170 cm³/mol. The zero-order chi connectivity index (χ0) is 30.9. The minimum absolute atomic E-state index is 0.140. The van der Waals surface area contributed by atoms with Gasteiger partial charge in [0.1, 0.15) is 28.7 Å². The molecule has 0 aliphatic rings. The largest absolute Gasteiger partial charge is 0.444 e. The van der Waals surface area contributed by atoms with Crippen LogP contribution in [0.15, 0.2) is 41.5 Å². The van der Waals surface area contributed by atoms with Crippen LogP contribution < -0.4 is 10.9 Å². The Balaban J connectivity index is 1.29. The maximum absolute atomic E-state index is 13.5. The van der Waals surface area contributed by atoms with E-state index in [0.717, 1.165) is 39.1 Å². The van der Waals surface area contributed by atoms with Crippen LogP contribution in [-0.4, -0.2) is 60.5 Å². The standard InChI is InChI=1S/C29H38N8O4SSi/c1-29(2,3)41-28(39)32-22-10-8-9-20(31-22)17-37-27(38)24-21(16-30-37)25-26(35(24)4)33-23(42-25)15-19-11-12-36(34-19)18-40-13-14-43(5,6)7/h8-12,16H,13-15,17-18H2,1-7H3,(H,31,32,39). The van der Waals surface area contributed by atoms with Gasteiger partial charge in [-0.3, -0.25) is 10.1 Å². The summed E-state index contributed by atoms with van der Waals surface area (Å²) in [6.07, 6.45) is 3.62. The Morgan fingerprint density at radius 2 is 1.91 bits per heavy atom. The number of ether oxygens (including phenoxy) is 2. The molecule has 5 rings (SSSR count). The second kappa shape index (κ2) is 12.0. The second-order valence-electron chi connectivity index (χ2n) is 12.7. The lowest BCUT2D eigenvalue weighted by Crippen LogP contribution is -2.28. The Bertz CT molecular complexity index is 1830. The normalized spacial score (nSPS) is 12.3. The van der Waals surface area contributed by atoms with Gasteiger partial charge in [0.05, 0.1) is 28.8 Å². The molecule has 0 unspecified atom stereocenters. The molecule has 0 radical (unpaired) electrons. The molecule has 14 heteroatoms. The van der Waals surface area contributed by atoms with Crippen LogP contribution in [0.3, 0.4) is 0 Å². The lowest BCUT2D eigenvalue weighted by molar-refractivity contribution is 0.0635. The molecule has 0 saturated carbocycles. The van der Waals surface area contributed by atoms with Crippen LogP contribution in [-0.2, 0) is 36.2 Å². The van der Waals surface area contributed by atoms with Crippen molar-refractivity contribution in [1.29, 1.82) is 0 Å². The van der Waals surface area contributed by atoms with Gasteiger partial charge in [0, 0.05) is 39.7 Å². The topological polar surface area (TPSA) is 131 Å². The number of carbonyl (C=O) groups excluding carboxylic acids is 1. The van der Waals surface area contributed by atoms with Gasteiger partial charge in [-0.15, -0.1) is 11.3 Å². The Morgan fingerprint density at radius 1 is 1.12 bits per heavy atom. The summed E-state index contributed by atoms with van der Waals surface area (Å²) in [4.78, 5) is 34.9. The average Bonchev–Trinajstić information content (AvgIpc) is 3.58. The molecule has 228 valence electrons. The summed E-state index contributed by atoms with van der Waals surface area (Å²) in [6, 6.07) is 8.30. The third-order valence-corrected chi connectivity index (χ3v) is 9.35. The Morgan fingerprint density at radius 3 is 2.65 bits per heavy atom. The van der Waals surface area contributed by atoms with Crippen molar-refractivity contribution in [2.45, 2.75) is 71.8 Å². The molecule has 1 amide bonds. The minimum atomic E-state index is -1.12. The van der Waals surface area contributed by atoms with Crippen LogP contribution >= 0.6 is 11.3 Å². The molecule has 5 heterocycles. The molecule has 0 aliphatic heterocycles. The number of nitrogens with one attached hydrogen (secondary N) is 1. The molecule has 12 nitrogen and oxygen atoms in total. The molecule has 5 aromatic heterocycles. The van der Waals surface area contributed by atoms with Gasteiger partial charge in [0.25, 0.3) is 5.56 Å². The Kier molecular flexibility index (Phi) is 8.54. The summed E-state index contributed by atoms with van der Waals surface area (Å²) in [5.41, 5.74) is 1.87. The van der Waals surface area contributed by atoms with Crippen molar-refractivity contribution in [3.63, 3.8) is 0 Å². The zero-order valence-corrected chi connectivity index (χ0v) is 27.5. The molecule has 0 fully saturated rings. The van der Waals surface area contributed by atoms with Gasteiger partial charge in [-0.25, -0.2) is 24.1 Å². The summed E-state index contributed by atoms with van der Waals surface area (Å²) in [7, 11) is 0.722. The molecule has 0 bridgehead atoms. The molecule has 0 aromatic carbocycles. The Labute approximate surface area is 254 Å². The summed E-state index contributed by atoms with van der Waals surface area (Å²) < 4.78 is 17.0. The number of fused-ring (bicyclic) bond motifs is 3. The van der Waals surface area contributed by atoms with E-state index >= 15 is 0 Å². The lowest BCUT2D eigenvalue weighted by atomic mass is 10.2. The Hall–Kier alpha value is -3.88. The molecule has 1 N–H and O–H groups in total. The fourth-order valence-electron chi connectivity index (χ4n) is 4.48. The molecule has 0 aliphatic carbocycles. The van der Waals surface area contributed by atoms with E-state index in [-0.39, 0.29) is 12.1 Å². The van der Waals surface area contributed by atoms with E-state index in [1.165, 1.54) is 4.68 Å². The van der Waals surface area contributed by atoms with E-state index in [2.05, 4.69) is 40.1 Å². The first-order valence-electron chi connectivity index (χ1n) is 14.2. The number of carbonyl (C=O) groups is 1. The van der Waals surface area contributed by atoms with Gasteiger partial charge in [-0.1, -0.05) is 25.7 Å². The van der Waals surface area contributed by atoms with Crippen LogP contribution in [0.25, 0.3) is 21.3 Å². The maximum atomic E-state index is 13.5. The number of thiazole rings is 1. The number of hydrogen-bond donors (Lipinski definition) is 1. The van der Waals surface area contributed by atoms with E-state index in [9.17, 15) is 9.59 Å². The van der Waals surface area contributed by atoms with Gasteiger partial charge < -0.3 is 14.0 Å². The quantitative estimate of drug-likeness (QED) is 0.165. The highest BCUT2D eigenvalue weighted by atomic mass is 32.1. The van der Waals surface area contributed by atoms with Crippen molar-refractivity contribution >= 4 is 52.6 Å². The smallest absolute Gasteiger partial charge is 0.413 e. The van der Waals surface area contributed by atoms with Crippen LogP contribution in [0.2, 0.25) is 25.7 Å². The molecule has 5 aromatic rings. The van der Waals surface area contributed by atoms with Crippen molar-refractivity contribution < 1.29 is 14.3 Å². The maximum Gasteiger partial charge on any atom is 0.413 e. The first-order chi connectivity index (χ1) is 20.3. The highest BCUT2D eigenvalue weighted by Gasteiger charge is 2.20.